The number of allylic oxidation sites excluding steroid dienone is 1. The minimum absolute atomic E-state index is 0.256. The number of rotatable bonds is 23. The molecule has 0 saturated carbocycles. The Balaban J connectivity index is 1.97. The molecule has 0 aliphatic carbocycles. The Kier molecular flexibility index (Phi) is 20.7. The number of amides is 1. The van der Waals surface area contributed by atoms with Crippen molar-refractivity contribution in [3.8, 4) is 0 Å². The van der Waals surface area contributed by atoms with E-state index in [0.717, 1.165) is 38.5 Å². The molecule has 0 spiro atoms. The third-order valence-corrected chi connectivity index (χ3v) is 8.72. The van der Waals surface area contributed by atoms with Crippen molar-refractivity contribution in [2.75, 3.05) is 19.8 Å². The zero-order chi connectivity index (χ0) is 34.8. The number of ether oxygens (including phenoxy) is 4. The van der Waals surface area contributed by atoms with Crippen LogP contribution in [-0.4, -0.2) is 140 Å². The second-order valence-electron chi connectivity index (χ2n) is 12.7. The highest BCUT2D eigenvalue weighted by Gasteiger charge is 2.50. The molecule has 0 aromatic heterocycles. The molecule has 0 aromatic rings. The fraction of sp³-hybridized carbons (Fsp3) is 0.909. The van der Waals surface area contributed by atoms with Gasteiger partial charge in [-0.05, 0) is 12.8 Å². The Labute approximate surface area is 278 Å². The van der Waals surface area contributed by atoms with Crippen molar-refractivity contribution in [2.45, 2.75) is 171 Å². The van der Waals surface area contributed by atoms with E-state index in [2.05, 4.69) is 19.2 Å². The van der Waals surface area contributed by atoms with Crippen LogP contribution < -0.4 is 5.32 Å². The maximum atomic E-state index is 12.8. The van der Waals surface area contributed by atoms with Gasteiger partial charge in [-0.1, -0.05) is 90.2 Å². The fourth-order valence-corrected chi connectivity index (χ4v) is 5.68. The van der Waals surface area contributed by atoms with E-state index in [1.807, 2.05) is 6.08 Å². The number of nitrogens with one attached hydrogen (secondary N) is 1. The molecule has 276 valence electrons. The first-order valence-corrected chi connectivity index (χ1v) is 17.4. The van der Waals surface area contributed by atoms with Crippen LogP contribution in [0.5, 0.6) is 0 Å². The first-order chi connectivity index (χ1) is 22.6. The number of hydrogen-bond donors (Lipinski definition) is 9. The van der Waals surface area contributed by atoms with E-state index in [4.69, 9.17) is 18.9 Å². The standard InChI is InChI=1S/C33H61NO13/c1-3-5-7-9-10-11-12-13-15-17-25(38)34-21(22(37)16-14-8-6-4-2)20-44-32-30(43)28(41)31(24(19-36)46-32)47-33-29(42)27(40)26(39)23(18-35)45-33/h14,16,21-24,26-33,35-37,39-43H,3-13,15,17-20H2,1-2H3,(H,34,38)/b16-14+. The Hall–Kier alpha value is -1.27. The molecular formula is C33H61NO13. The molecule has 2 heterocycles. The molecule has 1 amide bonds. The van der Waals surface area contributed by atoms with Crippen molar-refractivity contribution in [1.29, 1.82) is 0 Å². The Morgan fingerprint density at radius 1 is 0.745 bits per heavy atom. The molecule has 0 bridgehead atoms. The van der Waals surface area contributed by atoms with Gasteiger partial charge in [0.15, 0.2) is 12.6 Å². The van der Waals surface area contributed by atoms with Crippen molar-refractivity contribution in [2.24, 2.45) is 0 Å². The van der Waals surface area contributed by atoms with Gasteiger partial charge in [0.25, 0.3) is 0 Å². The van der Waals surface area contributed by atoms with Gasteiger partial charge in [0.2, 0.25) is 5.91 Å². The number of hydrogen-bond acceptors (Lipinski definition) is 13. The highest BCUT2D eigenvalue weighted by Crippen LogP contribution is 2.29. The van der Waals surface area contributed by atoms with E-state index in [-0.39, 0.29) is 18.9 Å². The highest BCUT2D eigenvalue weighted by atomic mass is 16.7. The Morgan fingerprint density at radius 3 is 1.94 bits per heavy atom. The van der Waals surface area contributed by atoms with Crippen LogP contribution in [0.1, 0.15) is 97.3 Å². The van der Waals surface area contributed by atoms with Gasteiger partial charge in [-0.2, -0.15) is 0 Å². The molecule has 47 heavy (non-hydrogen) atoms. The minimum Gasteiger partial charge on any atom is -0.394 e. The van der Waals surface area contributed by atoms with E-state index >= 15 is 0 Å². The van der Waals surface area contributed by atoms with Crippen LogP contribution in [0.3, 0.4) is 0 Å². The molecule has 2 fully saturated rings. The summed E-state index contributed by atoms with van der Waals surface area (Å²) >= 11 is 0. The van der Waals surface area contributed by atoms with Gasteiger partial charge in [-0.15, -0.1) is 0 Å². The van der Waals surface area contributed by atoms with Crippen molar-refractivity contribution in [1.82, 2.24) is 5.32 Å². The Morgan fingerprint density at radius 2 is 1.32 bits per heavy atom. The SMILES string of the molecule is CCCC/C=C/C(O)C(COC1OC(CO)C(OC2OC(CO)C(O)C(O)C2O)C(O)C1O)NC(=O)CCCCCCCCCCC. The van der Waals surface area contributed by atoms with Crippen molar-refractivity contribution < 1.29 is 64.6 Å². The summed E-state index contributed by atoms with van der Waals surface area (Å²) in [4.78, 5) is 12.8. The molecular weight excluding hydrogens is 618 g/mol. The maximum absolute atomic E-state index is 12.8. The summed E-state index contributed by atoms with van der Waals surface area (Å²) in [5.41, 5.74) is 0. The van der Waals surface area contributed by atoms with E-state index in [1.165, 1.54) is 32.1 Å². The molecule has 0 radical (unpaired) electrons. The summed E-state index contributed by atoms with van der Waals surface area (Å²) < 4.78 is 22.3. The zero-order valence-corrected chi connectivity index (χ0v) is 28.0. The molecule has 2 rings (SSSR count). The predicted octanol–water partition coefficient (Wildman–Crippen LogP) is 0.140. The molecule has 9 N–H and O–H groups in total. The van der Waals surface area contributed by atoms with Crippen LogP contribution in [0.25, 0.3) is 0 Å². The summed E-state index contributed by atoms with van der Waals surface area (Å²) in [6.45, 7) is 2.53. The lowest BCUT2D eigenvalue weighted by atomic mass is 9.97. The summed E-state index contributed by atoms with van der Waals surface area (Å²) in [5, 5.41) is 85.2. The summed E-state index contributed by atoms with van der Waals surface area (Å²) in [7, 11) is 0. The monoisotopic (exact) mass is 679 g/mol. The third-order valence-electron chi connectivity index (χ3n) is 8.72. The van der Waals surface area contributed by atoms with Gasteiger partial charge >= 0.3 is 0 Å². The molecule has 2 saturated heterocycles. The largest absolute Gasteiger partial charge is 0.394 e. The van der Waals surface area contributed by atoms with Gasteiger partial charge in [-0.3, -0.25) is 4.79 Å². The quantitative estimate of drug-likeness (QED) is 0.0518. The number of unbranched alkanes of at least 4 members (excludes halogenated alkanes) is 10. The third kappa shape index (κ3) is 13.9. The topological polar surface area (TPSA) is 228 Å². The second-order valence-corrected chi connectivity index (χ2v) is 12.7. The first kappa shape index (κ1) is 41.9. The molecule has 14 nitrogen and oxygen atoms in total. The van der Waals surface area contributed by atoms with Crippen LogP contribution in [0.2, 0.25) is 0 Å². The lowest BCUT2D eigenvalue weighted by molar-refractivity contribution is -0.359. The number of carbonyl (C=O) groups is 1. The van der Waals surface area contributed by atoms with Crippen molar-refractivity contribution >= 4 is 5.91 Å². The van der Waals surface area contributed by atoms with Gasteiger partial charge in [0.1, 0.15) is 48.8 Å². The fourth-order valence-electron chi connectivity index (χ4n) is 5.68. The van der Waals surface area contributed by atoms with E-state index in [1.54, 1.807) is 6.08 Å². The normalized spacial score (nSPS) is 32.8. The predicted molar refractivity (Wildman–Crippen MR) is 171 cm³/mol. The van der Waals surface area contributed by atoms with Crippen molar-refractivity contribution in [3.63, 3.8) is 0 Å². The second kappa shape index (κ2) is 23.2. The van der Waals surface area contributed by atoms with Gasteiger partial charge < -0.3 is 65.1 Å². The number of aliphatic hydroxyl groups excluding tert-OH is 8. The Bertz CT molecular complexity index is 862. The summed E-state index contributed by atoms with van der Waals surface area (Å²) in [5.74, 6) is -0.256. The van der Waals surface area contributed by atoms with Crippen LogP contribution in [0, 0.1) is 0 Å². The molecule has 12 atom stereocenters. The molecule has 14 heteroatoms. The van der Waals surface area contributed by atoms with Gasteiger partial charge in [0.05, 0.1) is 32.0 Å². The van der Waals surface area contributed by atoms with Crippen molar-refractivity contribution in [3.05, 3.63) is 12.2 Å². The average Bonchev–Trinajstić information content (AvgIpc) is 3.06. The smallest absolute Gasteiger partial charge is 0.220 e. The molecule has 2 aliphatic heterocycles. The maximum Gasteiger partial charge on any atom is 0.220 e. The van der Waals surface area contributed by atoms with E-state index in [9.17, 15) is 45.6 Å². The van der Waals surface area contributed by atoms with Crippen LogP contribution in [-0.2, 0) is 23.7 Å². The molecule has 2 aliphatic rings. The van der Waals surface area contributed by atoms with Crippen LogP contribution >= 0.6 is 0 Å². The van der Waals surface area contributed by atoms with Crippen LogP contribution in [0.15, 0.2) is 12.2 Å². The summed E-state index contributed by atoms with van der Waals surface area (Å²) in [6, 6.07) is -0.900. The zero-order valence-electron chi connectivity index (χ0n) is 28.0. The number of aliphatic hydroxyl groups is 8. The first-order valence-electron chi connectivity index (χ1n) is 17.4. The summed E-state index contributed by atoms with van der Waals surface area (Å²) in [6.07, 6.45) is -0.566. The lowest BCUT2D eigenvalue weighted by Gasteiger charge is -2.46. The number of carbonyl (C=O) groups excluding carboxylic acids is 1. The average molecular weight is 680 g/mol. The van der Waals surface area contributed by atoms with E-state index < -0.39 is 86.8 Å². The van der Waals surface area contributed by atoms with Crippen LogP contribution in [0.4, 0.5) is 0 Å². The molecule has 12 unspecified atom stereocenters. The molecule has 0 aromatic carbocycles. The highest BCUT2D eigenvalue weighted by molar-refractivity contribution is 5.76. The minimum atomic E-state index is -1.78. The van der Waals surface area contributed by atoms with Gasteiger partial charge in [0, 0.05) is 6.42 Å². The lowest BCUT2D eigenvalue weighted by Crippen LogP contribution is -2.65. The van der Waals surface area contributed by atoms with Gasteiger partial charge in [-0.25, -0.2) is 0 Å². The van der Waals surface area contributed by atoms with E-state index in [0.29, 0.717) is 6.42 Å².